The van der Waals surface area contributed by atoms with Crippen LogP contribution >= 0.6 is 23.5 Å². The molecule has 3 nitrogen and oxygen atoms in total. The molecule has 13 heavy (non-hydrogen) atoms. The predicted molar refractivity (Wildman–Crippen MR) is 56.4 cm³/mol. The Labute approximate surface area is 85.5 Å². The second-order valence-electron chi connectivity index (χ2n) is 2.63. The summed E-state index contributed by atoms with van der Waals surface area (Å²) in [7, 11) is 0. The lowest BCUT2D eigenvalue weighted by Gasteiger charge is -2.14. The maximum atomic E-state index is 11.1. The fourth-order valence-electron chi connectivity index (χ4n) is 0.992. The summed E-state index contributed by atoms with van der Waals surface area (Å²) in [5.41, 5.74) is 5.30. The molecule has 0 aliphatic carbocycles. The zero-order valence-electron chi connectivity index (χ0n) is 7.33. The van der Waals surface area contributed by atoms with Gasteiger partial charge in [-0.1, -0.05) is 0 Å². The van der Waals surface area contributed by atoms with Gasteiger partial charge in [0.2, 0.25) is 0 Å². The van der Waals surface area contributed by atoms with Crippen molar-refractivity contribution in [2.24, 2.45) is 5.73 Å². The molecule has 2 N–H and O–H groups in total. The van der Waals surface area contributed by atoms with Gasteiger partial charge in [0.25, 0.3) is 5.91 Å². The summed E-state index contributed by atoms with van der Waals surface area (Å²) in [6, 6.07) is 0. The number of primary amides is 1. The van der Waals surface area contributed by atoms with Gasteiger partial charge >= 0.3 is 0 Å². The van der Waals surface area contributed by atoms with Gasteiger partial charge in [0.05, 0.1) is 4.24 Å². The van der Waals surface area contributed by atoms with Crippen LogP contribution in [0.2, 0.25) is 0 Å². The maximum Gasteiger partial charge on any atom is 0.253 e. The first-order valence-electron chi connectivity index (χ1n) is 3.93. The first-order valence-corrected chi connectivity index (χ1v) is 5.90. The molecule has 0 aromatic carbocycles. The van der Waals surface area contributed by atoms with Crippen molar-refractivity contribution >= 4 is 35.2 Å². The minimum atomic E-state index is -0.607. The maximum absolute atomic E-state index is 11.1. The molecule has 72 valence electrons. The van der Waals surface area contributed by atoms with Crippen LogP contribution in [0.1, 0.15) is 13.3 Å². The van der Waals surface area contributed by atoms with Crippen molar-refractivity contribution in [1.29, 1.82) is 0 Å². The van der Waals surface area contributed by atoms with E-state index in [1.54, 1.807) is 23.5 Å². The van der Waals surface area contributed by atoms with Crippen LogP contribution in [-0.4, -0.2) is 23.2 Å². The molecule has 0 spiro atoms. The van der Waals surface area contributed by atoms with E-state index in [2.05, 4.69) is 0 Å². The van der Waals surface area contributed by atoms with E-state index in [-0.39, 0.29) is 11.4 Å². The Hall–Kier alpha value is -0.420. The van der Waals surface area contributed by atoms with Gasteiger partial charge in [0, 0.05) is 0 Å². The van der Waals surface area contributed by atoms with E-state index in [1.165, 1.54) is 6.92 Å². The highest BCUT2D eigenvalue weighted by Gasteiger charge is 2.20. The van der Waals surface area contributed by atoms with Crippen molar-refractivity contribution in [3.8, 4) is 0 Å². The summed E-state index contributed by atoms with van der Waals surface area (Å²) in [6.45, 7) is 1.38. The van der Waals surface area contributed by atoms with Crippen LogP contribution in [0.15, 0.2) is 9.81 Å². The van der Waals surface area contributed by atoms with Crippen LogP contribution in [0.3, 0.4) is 0 Å². The monoisotopic (exact) mass is 217 g/mol. The van der Waals surface area contributed by atoms with E-state index < -0.39 is 5.91 Å². The van der Waals surface area contributed by atoms with E-state index in [4.69, 9.17) is 5.73 Å². The molecule has 5 heteroatoms. The smallest absolute Gasteiger partial charge is 0.253 e. The highest BCUT2D eigenvalue weighted by Crippen LogP contribution is 2.37. The number of thioether (sulfide) groups is 2. The molecule has 0 atom stereocenters. The standard InChI is InChI=1S/C8H11NO2S2/c1-5(10)6(7(9)11)8-12-3-2-4-13-8/h2-4H2,1H3,(H2,9,11). The molecule has 1 aliphatic rings. The number of hydrogen-bond donors (Lipinski definition) is 1. The number of amides is 1. The molecule has 0 aromatic rings. The lowest BCUT2D eigenvalue weighted by molar-refractivity contribution is -0.119. The number of Topliss-reactive ketones (excluding diaryl/α,β-unsaturated/α-hetero) is 1. The molecule has 1 heterocycles. The third-order valence-electron chi connectivity index (χ3n) is 1.56. The molecule has 1 aliphatic heterocycles. The van der Waals surface area contributed by atoms with Crippen molar-refractivity contribution in [2.45, 2.75) is 13.3 Å². The third-order valence-corrected chi connectivity index (χ3v) is 4.18. The van der Waals surface area contributed by atoms with Gasteiger partial charge in [-0.05, 0) is 24.9 Å². The van der Waals surface area contributed by atoms with Gasteiger partial charge in [-0.3, -0.25) is 9.59 Å². The van der Waals surface area contributed by atoms with Crippen LogP contribution in [0.25, 0.3) is 0 Å². The summed E-state index contributed by atoms with van der Waals surface area (Å²) in [6.07, 6.45) is 1.11. The average Bonchev–Trinajstić information content (AvgIpc) is 2.04. The third kappa shape index (κ3) is 2.77. The predicted octanol–water partition coefficient (Wildman–Crippen LogP) is 1.14. The van der Waals surface area contributed by atoms with Crippen molar-refractivity contribution in [3.05, 3.63) is 9.81 Å². The van der Waals surface area contributed by atoms with E-state index in [0.29, 0.717) is 0 Å². The summed E-state index contributed by atoms with van der Waals surface area (Å²) < 4.78 is 0.797. The molecule has 1 saturated heterocycles. The summed E-state index contributed by atoms with van der Waals surface area (Å²) in [5, 5.41) is 0. The molecule has 1 rings (SSSR count). The molecule has 0 aromatic heterocycles. The number of ketones is 1. The highest BCUT2D eigenvalue weighted by atomic mass is 32.2. The summed E-state index contributed by atoms with van der Waals surface area (Å²) in [5.74, 6) is 1.09. The Kier molecular flexibility index (Phi) is 3.87. The average molecular weight is 217 g/mol. The number of carbonyl (C=O) groups excluding carboxylic acids is 2. The van der Waals surface area contributed by atoms with E-state index >= 15 is 0 Å². The lowest BCUT2D eigenvalue weighted by Crippen LogP contribution is -2.20. The van der Waals surface area contributed by atoms with Crippen molar-refractivity contribution < 1.29 is 9.59 Å². The van der Waals surface area contributed by atoms with Crippen molar-refractivity contribution in [3.63, 3.8) is 0 Å². The normalized spacial score (nSPS) is 16.8. The van der Waals surface area contributed by atoms with Gasteiger partial charge in [0.15, 0.2) is 5.78 Å². The second kappa shape index (κ2) is 4.72. The van der Waals surface area contributed by atoms with E-state index in [0.717, 1.165) is 22.2 Å². The molecular formula is C8H11NO2S2. The van der Waals surface area contributed by atoms with Gasteiger partial charge in [-0.2, -0.15) is 0 Å². The first kappa shape index (κ1) is 10.7. The number of rotatable bonds is 2. The quantitative estimate of drug-likeness (QED) is 0.428. The van der Waals surface area contributed by atoms with Crippen LogP contribution in [-0.2, 0) is 9.59 Å². The van der Waals surface area contributed by atoms with E-state index in [1.807, 2.05) is 0 Å². The minimum Gasteiger partial charge on any atom is -0.365 e. The zero-order valence-corrected chi connectivity index (χ0v) is 8.96. The Morgan fingerprint density at radius 2 is 1.85 bits per heavy atom. The van der Waals surface area contributed by atoms with Gasteiger partial charge < -0.3 is 5.73 Å². The molecule has 0 unspecified atom stereocenters. The second-order valence-corrected chi connectivity index (χ2v) is 5.10. The molecular weight excluding hydrogens is 206 g/mol. The zero-order chi connectivity index (χ0) is 9.84. The van der Waals surface area contributed by atoms with Crippen molar-refractivity contribution in [2.75, 3.05) is 11.5 Å². The molecule has 0 saturated carbocycles. The fourth-order valence-corrected chi connectivity index (χ4v) is 3.73. The number of hydrogen-bond acceptors (Lipinski definition) is 4. The molecule has 1 fully saturated rings. The molecule has 1 amide bonds. The van der Waals surface area contributed by atoms with Gasteiger partial charge in [-0.25, -0.2) is 0 Å². The lowest BCUT2D eigenvalue weighted by atomic mass is 10.2. The molecule has 0 bridgehead atoms. The van der Waals surface area contributed by atoms with Gasteiger partial charge in [0.1, 0.15) is 5.57 Å². The number of carbonyl (C=O) groups is 2. The van der Waals surface area contributed by atoms with Crippen molar-refractivity contribution in [1.82, 2.24) is 0 Å². The molecule has 0 radical (unpaired) electrons. The summed E-state index contributed by atoms with van der Waals surface area (Å²) >= 11 is 3.10. The van der Waals surface area contributed by atoms with Crippen LogP contribution < -0.4 is 5.73 Å². The Balaban J connectivity index is 2.93. The highest BCUT2D eigenvalue weighted by molar-refractivity contribution is 8.22. The van der Waals surface area contributed by atoms with Crippen LogP contribution in [0.4, 0.5) is 0 Å². The number of nitrogens with two attached hydrogens (primary N) is 1. The Morgan fingerprint density at radius 1 is 1.31 bits per heavy atom. The van der Waals surface area contributed by atoms with Crippen LogP contribution in [0.5, 0.6) is 0 Å². The Bertz CT molecular complexity index is 249. The Morgan fingerprint density at radius 3 is 2.23 bits per heavy atom. The van der Waals surface area contributed by atoms with Gasteiger partial charge in [-0.15, -0.1) is 23.5 Å². The largest absolute Gasteiger partial charge is 0.365 e. The fraction of sp³-hybridized carbons (Fsp3) is 0.500. The minimum absolute atomic E-state index is 0.176. The SMILES string of the molecule is CC(=O)C(C(N)=O)=C1SCCCS1. The topological polar surface area (TPSA) is 60.2 Å². The summed E-state index contributed by atoms with van der Waals surface area (Å²) in [4.78, 5) is 22.1. The van der Waals surface area contributed by atoms with Crippen LogP contribution in [0, 0.1) is 0 Å². The van der Waals surface area contributed by atoms with E-state index in [9.17, 15) is 9.59 Å². The first-order chi connectivity index (χ1) is 6.13.